The Bertz CT molecular complexity index is 846. The number of ether oxygens (including phenoxy) is 3. The van der Waals surface area contributed by atoms with Crippen LogP contribution in [0.25, 0.3) is 6.08 Å². The number of rotatable bonds is 7. The summed E-state index contributed by atoms with van der Waals surface area (Å²) in [4.78, 5) is 23.6. The standard InChI is InChI=1S/C19H16F2O5/c1-24-14-6-3-12(18(10-14)25-2)4-8-19(23)26-11-17(22)15-9-13(20)5-7-16(15)21/h3-10H,11H2,1-2H3/b8-4+. The molecule has 0 aliphatic heterocycles. The highest BCUT2D eigenvalue weighted by atomic mass is 19.1. The lowest BCUT2D eigenvalue weighted by Crippen LogP contribution is -2.14. The molecule has 0 aliphatic rings. The number of Topliss-reactive ketones (excluding diaryl/α,β-unsaturated/α-hetero) is 1. The van der Waals surface area contributed by atoms with Gasteiger partial charge >= 0.3 is 5.97 Å². The van der Waals surface area contributed by atoms with Crippen LogP contribution in [0.4, 0.5) is 8.78 Å². The molecule has 0 unspecified atom stereocenters. The molecule has 2 aromatic carbocycles. The van der Waals surface area contributed by atoms with E-state index in [0.29, 0.717) is 17.1 Å². The third kappa shape index (κ3) is 4.89. The zero-order valence-electron chi connectivity index (χ0n) is 14.1. The zero-order chi connectivity index (χ0) is 19.1. The van der Waals surface area contributed by atoms with Crippen molar-refractivity contribution in [3.05, 3.63) is 65.2 Å². The first-order valence-corrected chi connectivity index (χ1v) is 7.49. The van der Waals surface area contributed by atoms with Gasteiger partial charge in [0.05, 0.1) is 19.8 Å². The Kier molecular flexibility index (Phi) is 6.43. The molecular weight excluding hydrogens is 346 g/mol. The minimum absolute atomic E-state index is 0.474. The van der Waals surface area contributed by atoms with Crippen LogP contribution in [0.3, 0.4) is 0 Å². The predicted octanol–water partition coefficient (Wildman–Crippen LogP) is 3.42. The fraction of sp³-hybridized carbons (Fsp3) is 0.158. The molecule has 5 nitrogen and oxygen atoms in total. The minimum Gasteiger partial charge on any atom is -0.497 e. The average Bonchev–Trinajstić information content (AvgIpc) is 2.66. The topological polar surface area (TPSA) is 61.8 Å². The summed E-state index contributed by atoms with van der Waals surface area (Å²) in [6, 6.07) is 7.48. The summed E-state index contributed by atoms with van der Waals surface area (Å²) in [5, 5.41) is 0. The molecule has 2 rings (SSSR count). The van der Waals surface area contributed by atoms with E-state index in [-0.39, 0.29) is 0 Å². The third-order valence-electron chi connectivity index (χ3n) is 3.41. The summed E-state index contributed by atoms with van der Waals surface area (Å²) in [7, 11) is 2.98. The molecule has 0 bridgehead atoms. The van der Waals surface area contributed by atoms with Crippen molar-refractivity contribution >= 4 is 17.8 Å². The van der Waals surface area contributed by atoms with Gasteiger partial charge in [-0.25, -0.2) is 13.6 Å². The van der Waals surface area contributed by atoms with Gasteiger partial charge < -0.3 is 14.2 Å². The Morgan fingerprint density at radius 1 is 1.04 bits per heavy atom. The summed E-state index contributed by atoms with van der Waals surface area (Å²) in [6.07, 6.45) is 2.54. The molecule has 0 aromatic heterocycles. The summed E-state index contributed by atoms with van der Waals surface area (Å²) in [5.41, 5.74) is 0.117. The average molecular weight is 362 g/mol. The second-order valence-corrected chi connectivity index (χ2v) is 5.10. The Morgan fingerprint density at radius 3 is 2.50 bits per heavy atom. The number of hydrogen-bond donors (Lipinski definition) is 0. The Hall–Kier alpha value is -3.22. The zero-order valence-corrected chi connectivity index (χ0v) is 14.1. The Morgan fingerprint density at radius 2 is 1.81 bits per heavy atom. The first kappa shape index (κ1) is 19.1. The number of carbonyl (C=O) groups is 2. The highest BCUT2D eigenvalue weighted by Crippen LogP contribution is 2.25. The van der Waals surface area contributed by atoms with Gasteiger partial charge in [0.15, 0.2) is 6.61 Å². The van der Waals surface area contributed by atoms with Crippen molar-refractivity contribution in [2.75, 3.05) is 20.8 Å². The number of halogens is 2. The Balaban J connectivity index is 1.99. The van der Waals surface area contributed by atoms with Gasteiger partial charge in [-0.15, -0.1) is 0 Å². The van der Waals surface area contributed by atoms with Gasteiger partial charge in [-0.3, -0.25) is 4.79 Å². The summed E-state index contributed by atoms with van der Waals surface area (Å²) < 4.78 is 41.6. The molecular formula is C19H16F2O5. The van der Waals surface area contributed by atoms with Gasteiger partial charge in [0, 0.05) is 17.7 Å². The lowest BCUT2D eigenvalue weighted by atomic mass is 10.1. The SMILES string of the molecule is COc1ccc(/C=C/C(=O)OCC(=O)c2cc(F)ccc2F)c(OC)c1. The van der Waals surface area contributed by atoms with Crippen molar-refractivity contribution < 1.29 is 32.6 Å². The highest BCUT2D eigenvalue weighted by Gasteiger charge is 2.14. The minimum atomic E-state index is -0.883. The van der Waals surface area contributed by atoms with Crippen LogP contribution in [-0.4, -0.2) is 32.6 Å². The fourth-order valence-electron chi connectivity index (χ4n) is 2.09. The lowest BCUT2D eigenvalue weighted by Gasteiger charge is -2.07. The molecule has 26 heavy (non-hydrogen) atoms. The van der Waals surface area contributed by atoms with Crippen LogP contribution in [0.1, 0.15) is 15.9 Å². The molecule has 0 saturated carbocycles. The van der Waals surface area contributed by atoms with Gasteiger partial charge in [-0.1, -0.05) is 0 Å². The first-order chi connectivity index (χ1) is 12.4. The van der Waals surface area contributed by atoms with E-state index in [9.17, 15) is 18.4 Å². The molecule has 136 valence electrons. The van der Waals surface area contributed by atoms with Crippen LogP contribution in [0.15, 0.2) is 42.5 Å². The number of hydrogen-bond acceptors (Lipinski definition) is 5. The number of methoxy groups -OCH3 is 2. The van der Waals surface area contributed by atoms with Gasteiger partial charge in [-0.2, -0.15) is 0 Å². The molecule has 7 heteroatoms. The van der Waals surface area contributed by atoms with Crippen molar-refractivity contribution in [1.29, 1.82) is 0 Å². The largest absolute Gasteiger partial charge is 0.497 e. The van der Waals surface area contributed by atoms with Gasteiger partial charge in [0.25, 0.3) is 0 Å². The smallest absolute Gasteiger partial charge is 0.331 e. The number of esters is 1. The van der Waals surface area contributed by atoms with Crippen molar-refractivity contribution in [1.82, 2.24) is 0 Å². The molecule has 0 radical (unpaired) electrons. The summed E-state index contributed by atoms with van der Waals surface area (Å²) in [6.45, 7) is -0.705. The fourth-order valence-corrected chi connectivity index (χ4v) is 2.09. The molecule has 0 aliphatic carbocycles. The normalized spacial score (nSPS) is 10.6. The number of ketones is 1. The van der Waals surface area contributed by atoms with E-state index in [2.05, 4.69) is 0 Å². The van der Waals surface area contributed by atoms with Crippen molar-refractivity contribution in [2.45, 2.75) is 0 Å². The maximum atomic E-state index is 13.5. The highest BCUT2D eigenvalue weighted by molar-refractivity contribution is 5.99. The first-order valence-electron chi connectivity index (χ1n) is 7.49. The van der Waals surface area contributed by atoms with Crippen LogP contribution in [-0.2, 0) is 9.53 Å². The van der Waals surface area contributed by atoms with Gasteiger partial charge in [-0.05, 0) is 36.4 Å². The summed E-state index contributed by atoms with van der Waals surface area (Å²) >= 11 is 0. The van der Waals surface area contributed by atoms with Crippen LogP contribution < -0.4 is 9.47 Å². The van der Waals surface area contributed by atoms with Crippen molar-refractivity contribution in [2.24, 2.45) is 0 Å². The van der Waals surface area contributed by atoms with E-state index in [1.54, 1.807) is 18.2 Å². The molecule has 0 fully saturated rings. The molecule has 0 heterocycles. The van der Waals surface area contributed by atoms with E-state index in [1.165, 1.54) is 20.3 Å². The van der Waals surface area contributed by atoms with E-state index in [4.69, 9.17) is 14.2 Å². The second kappa shape index (κ2) is 8.75. The van der Waals surface area contributed by atoms with E-state index in [0.717, 1.165) is 24.3 Å². The summed E-state index contributed by atoms with van der Waals surface area (Å²) in [5.74, 6) is -2.23. The molecule has 2 aromatic rings. The molecule has 0 N–H and O–H groups in total. The molecule has 0 spiro atoms. The van der Waals surface area contributed by atoms with Crippen molar-refractivity contribution in [3.63, 3.8) is 0 Å². The van der Waals surface area contributed by atoms with Gasteiger partial charge in [0.2, 0.25) is 5.78 Å². The van der Waals surface area contributed by atoms with Crippen LogP contribution in [0.5, 0.6) is 11.5 Å². The monoisotopic (exact) mass is 362 g/mol. The van der Waals surface area contributed by atoms with Gasteiger partial charge in [0.1, 0.15) is 23.1 Å². The van der Waals surface area contributed by atoms with E-state index < -0.39 is 35.6 Å². The molecule has 0 amide bonds. The maximum Gasteiger partial charge on any atom is 0.331 e. The second-order valence-electron chi connectivity index (χ2n) is 5.10. The van der Waals surface area contributed by atoms with E-state index >= 15 is 0 Å². The molecule has 0 atom stereocenters. The molecule has 0 saturated heterocycles. The predicted molar refractivity (Wildman–Crippen MR) is 90.2 cm³/mol. The number of benzene rings is 2. The van der Waals surface area contributed by atoms with E-state index in [1.807, 2.05) is 0 Å². The Labute approximate surface area is 148 Å². The van der Waals surface area contributed by atoms with Crippen LogP contribution in [0, 0.1) is 11.6 Å². The number of carbonyl (C=O) groups excluding carboxylic acids is 2. The third-order valence-corrected chi connectivity index (χ3v) is 3.41. The maximum absolute atomic E-state index is 13.5. The van der Waals surface area contributed by atoms with Crippen LogP contribution in [0.2, 0.25) is 0 Å². The quantitative estimate of drug-likeness (QED) is 0.429. The lowest BCUT2D eigenvalue weighted by molar-refractivity contribution is -0.136. The van der Waals surface area contributed by atoms with Crippen LogP contribution >= 0.6 is 0 Å². The van der Waals surface area contributed by atoms with Crippen molar-refractivity contribution in [3.8, 4) is 11.5 Å².